The second-order valence-corrected chi connectivity index (χ2v) is 11.0. The molecule has 0 atom stereocenters. The van der Waals surface area contributed by atoms with Crippen molar-refractivity contribution >= 4 is 56.4 Å². The maximum atomic E-state index is 12.9. The van der Waals surface area contributed by atoms with Gasteiger partial charge in [0.25, 0.3) is 15.9 Å². The van der Waals surface area contributed by atoms with E-state index in [0.717, 1.165) is 26.1 Å². The largest absolute Gasteiger partial charge is 0.437 e. The van der Waals surface area contributed by atoms with E-state index in [0.29, 0.717) is 23.8 Å². The smallest absolute Gasteiger partial charge is 0.262 e. The van der Waals surface area contributed by atoms with E-state index in [2.05, 4.69) is 15.0 Å². The lowest BCUT2D eigenvalue weighted by Crippen LogP contribution is -2.32. The SMILES string of the molecule is O=C(NCC1CCOCC1)c1ccc(Oc2ncc(Cl)cc2NS(=O)(=O)c2ccc(Cl)c(Cl)c2)cc1. The Bertz CT molecular complexity index is 1350. The van der Waals surface area contributed by atoms with Crippen LogP contribution >= 0.6 is 34.8 Å². The van der Waals surface area contributed by atoms with Crippen LogP contribution in [0.25, 0.3) is 0 Å². The Morgan fingerprint density at radius 1 is 1.03 bits per heavy atom. The molecule has 12 heteroatoms. The summed E-state index contributed by atoms with van der Waals surface area (Å²) in [5, 5.41) is 3.47. The number of hydrogen-bond donors (Lipinski definition) is 2. The Morgan fingerprint density at radius 2 is 1.75 bits per heavy atom. The number of hydrogen-bond acceptors (Lipinski definition) is 6. The number of pyridine rings is 1. The molecule has 0 unspecified atom stereocenters. The molecule has 0 bridgehead atoms. The number of amides is 1. The third-order valence-electron chi connectivity index (χ3n) is 5.49. The third-order valence-corrected chi connectivity index (χ3v) is 7.80. The van der Waals surface area contributed by atoms with E-state index in [1.165, 1.54) is 30.5 Å². The van der Waals surface area contributed by atoms with Crippen LogP contribution in [-0.4, -0.2) is 39.1 Å². The number of rotatable bonds is 8. The van der Waals surface area contributed by atoms with Gasteiger partial charge in [-0.15, -0.1) is 0 Å². The highest BCUT2D eigenvalue weighted by Gasteiger charge is 2.20. The molecule has 2 heterocycles. The number of nitrogens with zero attached hydrogens (tertiary/aromatic N) is 1. The van der Waals surface area contributed by atoms with Crippen LogP contribution in [-0.2, 0) is 14.8 Å². The Labute approximate surface area is 223 Å². The Hall–Kier alpha value is -2.56. The van der Waals surface area contributed by atoms with Crippen molar-refractivity contribution in [1.29, 1.82) is 0 Å². The van der Waals surface area contributed by atoms with E-state index in [4.69, 9.17) is 44.3 Å². The van der Waals surface area contributed by atoms with Gasteiger partial charge in [-0.3, -0.25) is 9.52 Å². The molecule has 36 heavy (non-hydrogen) atoms. The number of benzene rings is 2. The zero-order chi connectivity index (χ0) is 25.7. The number of nitrogens with one attached hydrogen (secondary N) is 2. The summed E-state index contributed by atoms with van der Waals surface area (Å²) in [5.41, 5.74) is 0.492. The average molecular weight is 571 g/mol. The summed E-state index contributed by atoms with van der Waals surface area (Å²) in [6.07, 6.45) is 3.18. The number of anilines is 1. The quantitative estimate of drug-likeness (QED) is 0.355. The van der Waals surface area contributed by atoms with Crippen molar-refractivity contribution in [2.45, 2.75) is 17.7 Å². The molecule has 1 aromatic heterocycles. The number of aromatic nitrogens is 1. The first-order valence-electron chi connectivity index (χ1n) is 11.0. The second kappa shape index (κ2) is 11.7. The molecule has 2 aromatic carbocycles. The van der Waals surface area contributed by atoms with Gasteiger partial charge in [-0.1, -0.05) is 34.8 Å². The zero-order valence-electron chi connectivity index (χ0n) is 18.8. The molecule has 0 spiro atoms. The molecular weight excluding hydrogens is 549 g/mol. The minimum atomic E-state index is -4.05. The van der Waals surface area contributed by atoms with Crippen LogP contribution in [0, 0.1) is 5.92 Å². The Morgan fingerprint density at radius 3 is 2.44 bits per heavy atom. The van der Waals surface area contributed by atoms with Crippen molar-refractivity contribution < 1.29 is 22.7 Å². The maximum Gasteiger partial charge on any atom is 0.262 e. The van der Waals surface area contributed by atoms with E-state index in [9.17, 15) is 13.2 Å². The minimum Gasteiger partial charge on any atom is -0.437 e. The molecule has 1 fully saturated rings. The Balaban J connectivity index is 1.46. The molecule has 190 valence electrons. The number of carbonyl (C=O) groups is 1. The summed E-state index contributed by atoms with van der Waals surface area (Å²) >= 11 is 17.9. The van der Waals surface area contributed by atoms with Crippen molar-refractivity contribution in [1.82, 2.24) is 10.3 Å². The molecule has 4 rings (SSSR count). The van der Waals surface area contributed by atoms with E-state index < -0.39 is 10.0 Å². The summed E-state index contributed by atoms with van der Waals surface area (Å²) in [6.45, 7) is 2.03. The first-order valence-corrected chi connectivity index (χ1v) is 13.6. The van der Waals surface area contributed by atoms with Gasteiger partial charge in [-0.25, -0.2) is 13.4 Å². The first kappa shape index (κ1) is 26.5. The van der Waals surface area contributed by atoms with Gasteiger partial charge in [0.15, 0.2) is 0 Å². The molecular formula is C24H22Cl3N3O5S. The predicted octanol–water partition coefficient (Wildman–Crippen LogP) is 5.79. The summed E-state index contributed by atoms with van der Waals surface area (Å²) in [6, 6.07) is 11.7. The second-order valence-electron chi connectivity index (χ2n) is 8.08. The number of carbonyl (C=O) groups excluding carboxylic acids is 1. The lowest BCUT2D eigenvalue weighted by molar-refractivity contribution is 0.0642. The lowest BCUT2D eigenvalue weighted by atomic mass is 10.0. The molecule has 0 radical (unpaired) electrons. The maximum absolute atomic E-state index is 12.9. The summed E-state index contributed by atoms with van der Waals surface area (Å²) < 4.78 is 39.3. The van der Waals surface area contributed by atoms with Crippen molar-refractivity contribution in [2.75, 3.05) is 24.5 Å². The van der Waals surface area contributed by atoms with E-state index in [-0.39, 0.29) is 37.4 Å². The molecule has 0 aliphatic carbocycles. The summed E-state index contributed by atoms with van der Waals surface area (Å²) in [4.78, 5) is 16.5. The van der Waals surface area contributed by atoms with Gasteiger partial charge < -0.3 is 14.8 Å². The molecule has 1 amide bonds. The number of halogens is 3. The highest BCUT2D eigenvalue weighted by Crippen LogP contribution is 2.32. The summed E-state index contributed by atoms with van der Waals surface area (Å²) in [5.74, 6) is 0.542. The van der Waals surface area contributed by atoms with Crippen molar-refractivity contribution in [3.8, 4) is 11.6 Å². The number of ether oxygens (including phenoxy) is 2. The van der Waals surface area contributed by atoms with Gasteiger partial charge in [0.1, 0.15) is 11.4 Å². The monoisotopic (exact) mass is 569 g/mol. The average Bonchev–Trinajstić information content (AvgIpc) is 2.86. The van der Waals surface area contributed by atoms with Crippen LogP contribution in [0.1, 0.15) is 23.2 Å². The molecule has 1 aliphatic rings. The molecule has 0 saturated carbocycles. The van der Waals surface area contributed by atoms with Crippen molar-refractivity contribution in [2.24, 2.45) is 5.92 Å². The standard InChI is InChI=1S/C24H22Cl3N3O5S/c25-17-11-22(30-36(32,33)19-5-6-20(26)21(27)12-19)24(29-14-17)35-18-3-1-16(2-4-18)23(31)28-13-15-7-9-34-10-8-15/h1-6,11-12,14-15,30H,7-10,13H2,(H,28,31). The molecule has 1 aliphatic heterocycles. The van der Waals surface area contributed by atoms with Gasteiger partial charge in [-0.05, 0) is 67.3 Å². The number of sulfonamides is 1. The van der Waals surface area contributed by atoms with Crippen LogP contribution in [0.5, 0.6) is 11.6 Å². The van der Waals surface area contributed by atoms with E-state index in [1.807, 2.05) is 0 Å². The fourth-order valence-corrected chi connectivity index (χ4v) is 5.10. The molecule has 2 N–H and O–H groups in total. The fourth-order valence-electron chi connectivity index (χ4n) is 3.50. The highest BCUT2D eigenvalue weighted by molar-refractivity contribution is 7.92. The summed E-state index contributed by atoms with van der Waals surface area (Å²) in [7, 11) is -4.05. The van der Waals surface area contributed by atoms with Crippen molar-refractivity contribution in [3.05, 3.63) is 75.4 Å². The van der Waals surface area contributed by atoms with Gasteiger partial charge >= 0.3 is 0 Å². The van der Waals surface area contributed by atoms with Gasteiger partial charge in [0.05, 0.1) is 20.0 Å². The van der Waals surface area contributed by atoms with Crippen LogP contribution in [0.15, 0.2) is 59.6 Å². The van der Waals surface area contributed by atoms with Crippen LogP contribution in [0.2, 0.25) is 15.1 Å². The van der Waals surface area contributed by atoms with E-state index >= 15 is 0 Å². The Kier molecular flexibility index (Phi) is 8.58. The lowest BCUT2D eigenvalue weighted by Gasteiger charge is -2.22. The third kappa shape index (κ3) is 6.80. The van der Waals surface area contributed by atoms with Crippen LogP contribution < -0.4 is 14.8 Å². The van der Waals surface area contributed by atoms with Crippen molar-refractivity contribution in [3.63, 3.8) is 0 Å². The van der Waals surface area contributed by atoms with Gasteiger partial charge in [0.2, 0.25) is 5.88 Å². The topological polar surface area (TPSA) is 107 Å². The van der Waals surface area contributed by atoms with Gasteiger partial charge in [0, 0.05) is 31.5 Å². The highest BCUT2D eigenvalue weighted by atomic mass is 35.5. The normalized spacial score (nSPS) is 14.3. The fraction of sp³-hybridized carbons (Fsp3) is 0.250. The molecule has 8 nitrogen and oxygen atoms in total. The zero-order valence-corrected chi connectivity index (χ0v) is 21.9. The van der Waals surface area contributed by atoms with Gasteiger partial charge in [-0.2, -0.15) is 0 Å². The predicted molar refractivity (Wildman–Crippen MR) is 139 cm³/mol. The minimum absolute atomic E-state index is 0.0202. The molecule has 1 saturated heterocycles. The van der Waals surface area contributed by atoms with Crippen LogP contribution in [0.4, 0.5) is 5.69 Å². The van der Waals surface area contributed by atoms with Crippen LogP contribution in [0.3, 0.4) is 0 Å². The first-order chi connectivity index (χ1) is 17.2. The molecule has 3 aromatic rings. The van der Waals surface area contributed by atoms with E-state index in [1.54, 1.807) is 24.3 Å².